The number of hydrogen-bond donors (Lipinski definition) is 2. The van der Waals surface area contributed by atoms with Crippen molar-refractivity contribution in [3.05, 3.63) is 24.3 Å². The van der Waals surface area contributed by atoms with Gasteiger partial charge in [0.2, 0.25) is 0 Å². The highest BCUT2D eigenvalue weighted by atomic mass is 16.5. The van der Waals surface area contributed by atoms with Crippen LogP contribution >= 0.6 is 0 Å². The number of aliphatic hydroxyl groups is 1. The van der Waals surface area contributed by atoms with Crippen molar-refractivity contribution >= 4 is 5.69 Å². The predicted molar refractivity (Wildman–Crippen MR) is 77.2 cm³/mol. The van der Waals surface area contributed by atoms with Crippen LogP contribution in [0.2, 0.25) is 0 Å². The molecule has 2 unspecified atom stereocenters. The third-order valence-corrected chi connectivity index (χ3v) is 3.69. The summed E-state index contributed by atoms with van der Waals surface area (Å²) in [5, 5.41) is 9.68. The lowest BCUT2D eigenvalue weighted by atomic mass is 9.97. The van der Waals surface area contributed by atoms with Crippen LogP contribution in [0.5, 0.6) is 5.75 Å². The Bertz CT molecular complexity index is 397. The van der Waals surface area contributed by atoms with E-state index in [4.69, 9.17) is 10.5 Å². The summed E-state index contributed by atoms with van der Waals surface area (Å²) in [5.74, 6) is 1.21. The first-order valence-electron chi connectivity index (χ1n) is 7.04. The summed E-state index contributed by atoms with van der Waals surface area (Å²) in [6.07, 6.45) is 1.76. The summed E-state index contributed by atoms with van der Waals surface area (Å²) >= 11 is 0. The van der Waals surface area contributed by atoms with Crippen LogP contribution in [0.15, 0.2) is 24.3 Å². The van der Waals surface area contributed by atoms with Crippen LogP contribution in [0.3, 0.4) is 0 Å². The normalized spacial score (nSPS) is 24.3. The van der Waals surface area contributed by atoms with Crippen LogP contribution in [0, 0.1) is 5.92 Å². The lowest BCUT2D eigenvalue weighted by Gasteiger charge is -2.34. The molecule has 4 nitrogen and oxygen atoms in total. The van der Waals surface area contributed by atoms with E-state index in [0.717, 1.165) is 43.9 Å². The number of nitrogens with zero attached hydrogens (tertiary/aromatic N) is 1. The van der Waals surface area contributed by atoms with Crippen LogP contribution in [-0.2, 0) is 0 Å². The van der Waals surface area contributed by atoms with Crippen LogP contribution in [0.25, 0.3) is 0 Å². The van der Waals surface area contributed by atoms with E-state index < -0.39 is 0 Å². The lowest BCUT2D eigenvalue weighted by Crippen LogP contribution is -2.42. The van der Waals surface area contributed by atoms with Gasteiger partial charge in [-0.25, -0.2) is 0 Å². The summed E-state index contributed by atoms with van der Waals surface area (Å²) in [5.41, 5.74) is 6.43. The molecule has 0 amide bonds. The molecule has 0 aromatic heterocycles. The second kappa shape index (κ2) is 6.78. The summed E-state index contributed by atoms with van der Waals surface area (Å²) in [4.78, 5) is 2.40. The van der Waals surface area contributed by atoms with E-state index in [0.29, 0.717) is 12.5 Å². The Kier molecular flexibility index (Phi) is 5.05. The van der Waals surface area contributed by atoms with Gasteiger partial charge in [-0.05, 0) is 30.9 Å². The van der Waals surface area contributed by atoms with E-state index in [1.54, 1.807) is 0 Å². The zero-order valence-electron chi connectivity index (χ0n) is 11.6. The van der Waals surface area contributed by atoms with E-state index in [-0.39, 0.29) is 6.10 Å². The van der Waals surface area contributed by atoms with Gasteiger partial charge >= 0.3 is 0 Å². The van der Waals surface area contributed by atoms with Crippen molar-refractivity contribution in [2.45, 2.75) is 25.9 Å². The largest absolute Gasteiger partial charge is 0.493 e. The molecule has 1 fully saturated rings. The quantitative estimate of drug-likeness (QED) is 0.628. The lowest BCUT2D eigenvalue weighted by molar-refractivity contribution is 0.0334. The highest BCUT2D eigenvalue weighted by Gasteiger charge is 2.23. The summed E-state index contributed by atoms with van der Waals surface area (Å²) in [6, 6.07) is 7.53. The number of nitrogen functional groups attached to an aromatic ring is 1. The van der Waals surface area contributed by atoms with E-state index >= 15 is 0 Å². The molecule has 2 rings (SSSR count). The smallest absolute Gasteiger partial charge is 0.121 e. The number of piperidine rings is 1. The first kappa shape index (κ1) is 14.2. The van der Waals surface area contributed by atoms with Crippen LogP contribution < -0.4 is 10.5 Å². The zero-order valence-corrected chi connectivity index (χ0v) is 11.6. The first-order chi connectivity index (χ1) is 9.15. The van der Waals surface area contributed by atoms with Gasteiger partial charge < -0.3 is 20.5 Å². The zero-order chi connectivity index (χ0) is 13.7. The summed E-state index contributed by atoms with van der Waals surface area (Å²) < 4.78 is 5.67. The summed E-state index contributed by atoms with van der Waals surface area (Å²) in [7, 11) is 0. The molecule has 1 heterocycles. The molecule has 106 valence electrons. The van der Waals surface area contributed by atoms with Crippen molar-refractivity contribution in [3.63, 3.8) is 0 Å². The molecule has 0 saturated carbocycles. The molecule has 1 aromatic carbocycles. The highest BCUT2D eigenvalue weighted by molar-refractivity contribution is 5.43. The van der Waals surface area contributed by atoms with Crippen molar-refractivity contribution in [3.8, 4) is 5.75 Å². The second-order valence-electron chi connectivity index (χ2n) is 5.41. The van der Waals surface area contributed by atoms with Gasteiger partial charge in [-0.3, -0.25) is 0 Å². The minimum Gasteiger partial charge on any atom is -0.493 e. The maximum Gasteiger partial charge on any atom is 0.121 e. The molecule has 3 N–H and O–H groups in total. The van der Waals surface area contributed by atoms with Crippen molar-refractivity contribution in [1.29, 1.82) is 0 Å². The molecule has 0 radical (unpaired) electrons. The minimum absolute atomic E-state index is 0.125. The molecular weight excluding hydrogens is 240 g/mol. The number of likely N-dealkylation sites (tertiary alicyclic amines) is 1. The van der Waals surface area contributed by atoms with Gasteiger partial charge in [0.1, 0.15) is 5.75 Å². The second-order valence-corrected chi connectivity index (χ2v) is 5.41. The van der Waals surface area contributed by atoms with E-state index in [2.05, 4.69) is 11.8 Å². The molecule has 1 aromatic rings. The van der Waals surface area contributed by atoms with E-state index in [1.165, 1.54) is 0 Å². The third-order valence-electron chi connectivity index (χ3n) is 3.69. The maximum atomic E-state index is 9.68. The Balaban J connectivity index is 1.64. The number of hydrogen-bond acceptors (Lipinski definition) is 4. The summed E-state index contributed by atoms with van der Waals surface area (Å²) in [6.45, 7) is 5.82. The molecule has 0 aliphatic carbocycles. The molecule has 0 spiro atoms. The SMILES string of the molecule is CC1CN(CCCOc2cccc(N)c2)CCC1O. The number of nitrogens with two attached hydrogens (primary N) is 1. The number of anilines is 1. The fourth-order valence-electron chi connectivity index (χ4n) is 2.51. The number of benzene rings is 1. The average Bonchev–Trinajstić information content (AvgIpc) is 2.39. The predicted octanol–water partition coefficient (Wildman–Crippen LogP) is 1.74. The minimum atomic E-state index is -0.125. The van der Waals surface area contributed by atoms with Crippen molar-refractivity contribution in [2.24, 2.45) is 5.92 Å². The van der Waals surface area contributed by atoms with Crippen molar-refractivity contribution in [2.75, 3.05) is 32.0 Å². The standard InChI is InChI=1S/C15H24N2O2/c1-12-11-17(8-6-15(12)18)7-3-9-19-14-5-2-4-13(16)10-14/h2,4-5,10,12,15,18H,3,6-9,11,16H2,1H3. The Morgan fingerprint density at radius 3 is 3.05 bits per heavy atom. The Hall–Kier alpha value is -1.26. The fourth-order valence-corrected chi connectivity index (χ4v) is 2.51. The van der Waals surface area contributed by atoms with Crippen molar-refractivity contribution in [1.82, 2.24) is 4.90 Å². The topological polar surface area (TPSA) is 58.7 Å². The number of ether oxygens (including phenoxy) is 1. The third kappa shape index (κ3) is 4.40. The van der Waals surface area contributed by atoms with Crippen molar-refractivity contribution < 1.29 is 9.84 Å². The Morgan fingerprint density at radius 2 is 2.32 bits per heavy atom. The van der Waals surface area contributed by atoms with E-state index in [9.17, 15) is 5.11 Å². The molecule has 1 aliphatic rings. The van der Waals surface area contributed by atoms with Crippen LogP contribution in [0.4, 0.5) is 5.69 Å². The molecule has 0 bridgehead atoms. The average molecular weight is 264 g/mol. The van der Waals surface area contributed by atoms with Crippen LogP contribution in [0.1, 0.15) is 19.8 Å². The number of rotatable bonds is 5. The van der Waals surface area contributed by atoms with Crippen LogP contribution in [-0.4, -0.2) is 42.4 Å². The van der Waals surface area contributed by atoms with Gasteiger partial charge in [-0.1, -0.05) is 13.0 Å². The van der Waals surface area contributed by atoms with Gasteiger partial charge in [0.15, 0.2) is 0 Å². The molecule has 19 heavy (non-hydrogen) atoms. The van der Waals surface area contributed by atoms with Gasteiger partial charge in [0.05, 0.1) is 12.7 Å². The Labute approximate surface area is 115 Å². The molecule has 1 saturated heterocycles. The molecule has 1 aliphatic heterocycles. The van der Waals surface area contributed by atoms with E-state index in [1.807, 2.05) is 24.3 Å². The Morgan fingerprint density at radius 1 is 1.47 bits per heavy atom. The maximum absolute atomic E-state index is 9.68. The molecule has 2 atom stereocenters. The number of aliphatic hydroxyl groups excluding tert-OH is 1. The monoisotopic (exact) mass is 264 g/mol. The molecule has 4 heteroatoms. The molecular formula is C15H24N2O2. The highest BCUT2D eigenvalue weighted by Crippen LogP contribution is 2.17. The van der Waals surface area contributed by atoms with Gasteiger partial charge in [0.25, 0.3) is 0 Å². The van der Waals surface area contributed by atoms with Gasteiger partial charge in [0, 0.05) is 31.4 Å². The van der Waals surface area contributed by atoms with Gasteiger partial charge in [-0.2, -0.15) is 0 Å². The fraction of sp³-hybridized carbons (Fsp3) is 0.600. The first-order valence-corrected chi connectivity index (χ1v) is 7.04. The van der Waals surface area contributed by atoms with Gasteiger partial charge in [-0.15, -0.1) is 0 Å².